The molecule has 3 unspecified atom stereocenters. The number of hydrogen-bond donors (Lipinski definition) is 3. The Kier molecular flexibility index (Phi) is 5.99. The monoisotopic (exact) mass is 416 g/mol. The molecule has 0 radical (unpaired) electrons. The molecule has 0 aromatic rings. The van der Waals surface area contributed by atoms with Gasteiger partial charge in [-0.25, -0.2) is 4.79 Å². The molecule has 0 spiro atoms. The Morgan fingerprint density at radius 3 is 2.73 bits per heavy atom. The second kappa shape index (κ2) is 8.47. The quantitative estimate of drug-likeness (QED) is 0.496. The minimum atomic E-state index is -1.10. The molecule has 0 aliphatic carbocycles. The fourth-order valence-electron chi connectivity index (χ4n) is 3.67. The third-order valence-electron chi connectivity index (χ3n) is 5.45. The molecule has 0 aromatic carbocycles. The Labute approximate surface area is 173 Å². The van der Waals surface area contributed by atoms with Crippen LogP contribution in [0.4, 0.5) is 4.79 Å². The van der Waals surface area contributed by atoms with Gasteiger partial charge in [0.2, 0.25) is 23.6 Å². The van der Waals surface area contributed by atoms with Crippen molar-refractivity contribution in [1.29, 1.82) is 0 Å². The highest BCUT2D eigenvalue weighted by atomic mass is 16.2. The molecule has 6 amide bonds. The molecule has 11 heteroatoms. The van der Waals surface area contributed by atoms with E-state index in [4.69, 9.17) is 5.73 Å². The van der Waals surface area contributed by atoms with E-state index in [1.165, 1.54) is 18.2 Å². The van der Waals surface area contributed by atoms with Crippen LogP contribution in [0.3, 0.4) is 0 Å². The van der Waals surface area contributed by atoms with Gasteiger partial charge in [0, 0.05) is 32.4 Å². The first-order valence-corrected chi connectivity index (χ1v) is 9.57. The third kappa shape index (κ3) is 4.24. The van der Waals surface area contributed by atoms with E-state index in [0.29, 0.717) is 30.5 Å². The Hall–Kier alpha value is -3.50. The Morgan fingerprint density at radius 2 is 2.13 bits per heavy atom. The standard InChI is InChI=1S/C19H24N6O5/c1-10-8-21-9-11(10)6-13(18(29)25-5-3-4-14(25)16(20)27)22-17(28)12-7-15(26)24(2)19(30)23-12/h8-9,12-14H,1,3-7H2,2H3,(H2,20,27)(H,22,28)(H,23,30). The van der Waals surface area contributed by atoms with Crippen LogP contribution >= 0.6 is 0 Å². The fourth-order valence-corrected chi connectivity index (χ4v) is 3.67. The second-order valence-electron chi connectivity index (χ2n) is 7.47. The molecular formula is C19H24N6O5. The minimum absolute atomic E-state index is 0.0971. The van der Waals surface area contributed by atoms with Gasteiger partial charge in [0.05, 0.1) is 6.42 Å². The summed E-state index contributed by atoms with van der Waals surface area (Å²) in [5.74, 6) is -2.23. The van der Waals surface area contributed by atoms with E-state index >= 15 is 0 Å². The number of primary amides is 1. The van der Waals surface area contributed by atoms with Crippen LogP contribution in [-0.2, 0) is 19.2 Å². The van der Waals surface area contributed by atoms with E-state index in [0.717, 1.165) is 4.90 Å². The lowest BCUT2D eigenvalue weighted by Gasteiger charge is -2.31. The zero-order chi connectivity index (χ0) is 22.0. The van der Waals surface area contributed by atoms with E-state index in [1.807, 2.05) is 0 Å². The predicted molar refractivity (Wildman–Crippen MR) is 106 cm³/mol. The number of nitrogens with zero attached hydrogens (tertiary/aromatic N) is 3. The molecule has 30 heavy (non-hydrogen) atoms. The van der Waals surface area contributed by atoms with Crippen LogP contribution in [0.25, 0.3) is 0 Å². The topological polar surface area (TPSA) is 154 Å². The summed E-state index contributed by atoms with van der Waals surface area (Å²) < 4.78 is 0. The van der Waals surface area contributed by atoms with Gasteiger partial charge in [-0.15, -0.1) is 0 Å². The molecular weight excluding hydrogens is 392 g/mol. The van der Waals surface area contributed by atoms with Crippen LogP contribution in [-0.4, -0.2) is 77.4 Å². The number of carbonyl (C=O) groups is 5. The highest BCUT2D eigenvalue weighted by molar-refractivity contribution is 6.03. The fraction of sp³-hybridized carbons (Fsp3) is 0.474. The maximum absolute atomic E-state index is 13.2. The number of hydrogen-bond acceptors (Lipinski definition) is 6. The SMILES string of the molecule is C=C1C=NC=C1CC(NC(=O)C1CC(=O)N(C)C(=O)N1)C(=O)N1CCCC1C(N)=O. The van der Waals surface area contributed by atoms with Crippen molar-refractivity contribution in [2.45, 2.75) is 43.8 Å². The van der Waals surface area contributed by atoms with Gasteiger partial charge in [0.1, 0.15) is 18.1 Å². The number of rotatable bonds is 6. The number of aliphatic imine (C=N–C) groups is 1. The van der Waals surface area contributed by atoms with Gasteiger partial charge >= 0.3 is 6.03 Å². The van der Waals surface area contributed by atoms with Gasteiger partial charge in [-0.05, 0) is 24.0 Å². The van der Waals surface area contributed by atoms with Crippen LogP contribution in [0.15, 0.2) is 28.9 Å². The number of nitrogens with two attached hydrogens (primary N) is 1. The number of imide groups is 1. The number of carbonyl (C=O) groups excluding carboxylic acids is 5. The summed E-state index contributed by atoms with van der Waals surface area (Å²) in [6.45, 7) is 4.20. The largest absolute Gasteiger partial charge is 0.368 e. The van der Waals surface area contributed by atoms with Crippen LogP contribution in [0, 0.1) is 0 Å². The van der Waals surface area contributed by atoms with Gasteiger partial charge < -0.3 is 21.3 Å². The molecule has 3 aliphatic rings. The molecule has 4 N–H and O–H groups in total. The minimum Gasteiger partial charge on any atom is -0.368 e. The zero-order valence-electron chi connectivity index (χ0n) is 16.6. The van der Waals surface area contributed by atoms with E-state index in [1.54, 1.807) is 6.20 Å². The van der Waals surface area contributed by atoms with Crippen molar-refractivity contribution in [3.63, 3.8) is 0 Å². The molecule has 0 bridgehead atoms. The van der Waals surface area contributed by atoms with Crippen molar-refractivity contribution in [2.75, 3.05) is 13.6 Å². The lowest BCUT2D eigenvalue weighted by atomic mass is 10.00. The van der Waals surface area contributed by atoms with Gasteiger partial charge in [-0.1, -0.05) is 6.58 Å². The summed E-state index contributed by atoms with van der Waals surface area (Å²) in [7, 11) is 1.31. The normalized spacial score (nSPS) is 24.6. The summed E-state index contributed by atoms with van der Waals surface area (Å²) in [6, 6.07) is -3.56. The van der Waals surface area contributed by atoms with Crippen molar-refractivity contribution >= 4 is 35.9 Å². The van der Waals surface area contributed by atoms with E-state index in [-0.39, 0.29) is 12.8 Å². The number of urea groups is 1. The number of likely N-dealkylation sites (tertiary alicyclic amines) is 1. The maximum atomic E-state index is 13.2. The number of allylic oxidation sites excluding steroid dienone is 1. The van der Waals surface area contributed by atoms with Crippen LogP contribution in [0.2, 0.25) is 0 Å². The first-order chi connectivity index (χ1) is 14.2. The smallest absolute Gasteiger partial charge is 0.324 e. The Bertz CT molecular complexity index is 861. The average Bonchev–Trinajstić information content (AvgIpc) is 3.34. The molecule has 2 fully saturated rings. The van der Waals surface area contributed by atoms with Crippen molar-refractivity contribution in [3.05, 3.63) is 23.9 Å². The Balaban J connectivity index is 1.77. The van der Waals surface area contributed by atoms with Crippen molar-refractivity contribution < 1.29 is 24.0 Å². The summed E-state index contributed by atoms with van der Waals surface area (Å²) in [5, 5.41) is 5.06. The van der Waals surface area contributed by atoms with E-state index < -0.39 is 47.8 Å². The van der Waals surface area contributed by atoms with E-state index in [2.05, 4.69) is 22.2 Å². The van der Waals surface area contributed by atoms with Gasteiger partial charge in [0.25, 0.3) is 0 Å². The Morgan fingerprint density at radius 1 is 1.40 bits per heavy atom. The summed E-state index contributed by atoms with van der Waals surface area (Å²) in [6.07, 6.45) is 4.04. The molecule has 3 heterocycles. The summed E-state index contributed by atoms with van der Waals surface area (Å²) in [4.78, 5) is 67.7. The summed E-state index contributed by atoms with van der Waals surface area (Å²) in [5.41, 5.74) is 6.69. The first kappa shape index (κ1) is 21.2. The van der Waals surface area contributed by atoms with Crippen LogP contribution < -0.4 is 16.4 Å². The number of amides is 6. The third-order valence-corrected chi connectivity index (χ3v) is 5.45. The van der Waals surface area contributed by atoms with Crippen molar-refractivity contribution in [1.82, 2.24) is 20.4 Å². The van der Waals surface area contributed by atoms with Crippen molar-refractivity contribution in [2.24, 2.45) is 10.7 Å². The molecule has 2 saturated heterocycles. The second-order valence-corrected chi connectivity index (χ2v) is 7.47. The maximum Gasteiger partial charge on any atom is 0.324 e. The predicted octanol–water partition coefficient (Wildman–Crippen LogP) is -1.20. The average molecular weight is 416 g/mol. The molecule has 160 valence electrons. The zero-order valence-corrected chi connectivity index (χ0v) is 16.6. The lowest BCUT2D eigenvalue weighted by Crippen LogP contribution is -2.61. The van der Waals surface area contributed by atoms with Gasteiger partial charge in [-0.2, -0.15) is 0 Å². The lowest BCUT2D eigenvalue weighted by molar-refractivity contribution is -0.141. The molecule has 11 nitrogen and oxygen atoms in total. The molecule has 3 rings (SSSR count). The molecule has 3 atom stereocenters. The van der Waals surface area contributed by atoms with E-state index in [9.17, 15) is 24.0 Å². The van der Waals surface area contributed by atoms with Gasteiger partial charge in [-0.3, -0.25) is 29.1 Å². The molecule has 3 aliphatic heterocycles. The van der Waals surface area contributed by atoms with Crippen molar-refractivity contribution in [3.8, 4) is 0 Å². The highest BCUT2D eigenvalue weighted by Crippen LogP contribution is 2.23. The van der Waals surface area contributed by atoms with Gasteiger partial charge in [0.15, 0.2) is 0 Å². The molecule has 0 saturated carbocycles. The first-order valence-electron chi connectivity index (χ1n) is 9.57. The highest BCUT2D eigenvalue weighted by Gasteiger charge is 2.39. The number of nitrogens with one attached hydrogen (secondary N) is 2. The van der Waals surface area contributed by atoms with Crippen LogP contribution in [0.1, 0.15) is 25.7 Å². The molecule has 0 aromatic heterocycles. The van der Waals surface area contributed by atoms with Crippen LogP contribution in [0.5, 0.6) is 0 Å². The summed E-state index contributed by atoms with van der Waals surface area (Å²) >= 11 is 0.